The van der Waals surface area contributed by atoms with Crippen molar-refractivity contribution in [2.24, 2.45) is 0 Å². The first kappa shape index (κ1) is 13.2. The fraction of sp³-hybridized carbons (Fsp3) is 0. The number of aromatic nitrogens is 1. The Balaban J connectivity index is 1.89. The lowest BCUT2D eigenvalue weighted by atomic mass is 10.3. The summed E-state index contributed by atoms with van der Waals surface area (Å²) in [5.74, 6) is -0.133. The van der Waals surface area contributed by atoms with Gasteiger partial charge in [0, 0.05) is 4.47 Å². The minimum absolute atomic E-state index is 0.133. The molecule has 3 aromatic rings. The van der Waals surface area contributed by atoms with Crippen LogP contribution in [-0.2, 0) is 0 Å². The topological polar surface area (TPSA) is 42.0 Å². The van der Waals surface area contributed by atoms with Crippen LogP contribution in [0.5, 0.6) is 0 Å². The number of para-hydroxylation sites is 1. The second kappa shape index (κ2) is 5.32. The molecule has 3 nitrogen and oxygen atoms in total. The zero-order valence-electron chi connectivity index (χ0n) is 9.31. The molecular weight excluding hydrogens is 412 g/mol. The number of carbonyl (C=O) groups is 1. The van der Waals surface area contributed by atoms with Crippen LogP contribution in [-0.4, -0.2) is 10.9 Å². The Morgan fingerprint density at radius 2 is 2.00 bits per heavy atom. The van der Waals surface area contributed by atoms with E-state index in [-0.39, 0.29) is 5.91 Å². The van der Waals surface area contributed by atoms with Gasteiger partial charge in [-0.3, -0.25) is 10.1 Å². The van der Waals surface area contributed by atoms with Crippen molar-refractivity contribution >= 4 is 75.8 Å². The van der Waals surface area contributed by atoms with Crippen molar-refractivity contribution < 1.29 is 4.79 Å². The summed E-state index contributed by atoms with van der Waals surface area (Å²) in [4.78, 5) is 17.1. The van der Waals surface area contributed by atoms with Gasteiger partial charge < -0.3 is 0 Å². The molecule has 0 aliphatic heterocycles. The van der Waals surface area contributed by atoms with Crippen molar-refractivity contribution in [3.8, 4) is 0 Å². The smallest absolute Gasteiger partial charge is 0.267 e. The van der Waals surface area contributed by atoms with Crippen LogP contribution in [0.15, 0.2) is 38.6 Å². The van der Waals surface area contributed by atoms with Gasteiger partial charge >= 0.3 is 0 Å². The lowest BCUT2D eigenvalue weighted by Gasteiger charge is -1.97. The van der Waals surface area contributed by atoms with Crippen molar-refractivity contribution in [1.29, 1.82) is 0 Å². The van der Waals surface area contributed by atoms with Crippen molar-refractivity contribution in [3.05, 3.63) is 43.5 Å². The zero-order chi connectivity index (χ0) is 13.4. The van der Waals surface area contributed by atoms with Crippen LogP contribution >= 0.6 is 54.5 Å². The van der Waals surface area contributed by atoms with Gasteiger partial charge in [-0.05, 0) is 56.1 Å². The highest BCUT2D eigenvalue weighted by Gasteiger charge is 2.12. The normalized spacial score (nSPS) is 10.8. The van der Waals surface area contributed by atoms with E-state index < -0.39 is 0 Å². The lowest BCUT2D eigenvalue weighted by Crippen LogP contribution is -2.09. The molecule has 0 unspecified atom stereocenters. The number of nitrogens with one attached hydrogen (secondary N) is 1. The van der Waals surface area contributed by atoms with Crippen molar-refractivity contribution in [1.82, 2.24) is 4.98 Å². The average Bonchev–Trinajstić information content (AvgIpc) is 2.96. The molecule has 3 rings (SSSR count). The third kappa shape index (κ3) is 2.74. The number of hydrogen-bond acceptors (Lipinski definition) is 4. The molecule has 0 aliphatic rings. The Morgan fingerprint density at radius 1 is 1.16 bits per heavy atom. The van der Waals surface area contributed by atoms with E-state index in [2.05, 4.69) is 42.2 Å². The van der Waals surface area contributed by atoms with E-state index in [1.807, 2.05) is 24.3 Å². The lowest BCUT2D eigenvalue weighted by molar-refractivity contribution is 0.103. The Hall–Kier alpha value is -0.760. The highest BCUT2D eigenvalue weighted by molar-refractivity contribution is 9.11. The monoisotopic (exact) mass is 416 g/mol. The summed E-state index contributed by atoms with van der Waals surface area (Å²) < 4.78 is 2.90. The van der Waals surface area contributed by atoms with E-state index in [0.717, 1.165) is 18.5 Å². The van der Waals surface area contributed by atoms with Crippen LogP contribution in [0.25, 0.3) is 10.2 Å². The van der Waals surface area contributed by atoms with Crippen molar-refractivity contribution in [2.75, 3.05) is 5.32 Å². The van der Waals surface area contributed by atoms with Gasteiger partial charge in [-0.15, -0.1) is 11.3 Å². The molecule has 19 heavy (non-hydrogen) atoms. The number of rotatable bonds is 2. The number of anilines is 1. The highest BCUT2D eigenvalue weighted by Crippen LogP contribution is 2.31. The molecule has 1 aromatic carbocycles. The van der Waals surface area contributed by atoms with Crippen LogP contribution in [0.1, 0.15) is 9.67 Å². The molecule has 0 spiro atoms. The molecule has 2 aromatic heterocycles. The van der Waals surface area contributed by atoms with E-state index in [1.165, 1.54) is 22.7 Å². The standard InChI is InChI=1S/C12H6Br2N2OS2/c13-6-2-1-3-7-10(6)15-12(19-7)16-11(17)8-4-5-9(14)18-8/h1-5H,(H,15,16,17). The average molecular weight is 418 g/mol. The Labute approximate surface area is 133 Å². The molecule has 1 N–H and O–H groups in total. The first-order valence-corrected chi connectivity index (χ1v) is 8.47. The summed E-state index contributed by atoms with van der Waals surface area (Å²) in [6.45, 7) is 0. The summed E-state index contributed by atoms with van der Waals surface area (Å²) >= 11 is 9.65. The van der Waals surface area contributed by atoms with Gasteiger partial charge in [0.2, 0.25) is 0 Å². The fourth-order valence-corrected chi connectivity index (χ4v) is 4.32. The quantitative estimate of drug-likeness (QED) is 0.627. The molecule has 0 bridgehead atoms. The van der Waals surface area contributed by atoms with Crippen LogP contribution in [0.3, 0.4) is 0 Å². The number of thiazole rings is 1. The molecule has 1 amide bonds. The second-order valence-corrected chi connectivity index (χ2v) is 8.01. The molecule has 0 aliphatic carbocycles. The molecule has 0 saturated heterocycles. The predicted molar refractivity (Wildman–Crippen MR) is 87.3 cm³/mol. The molecule has 0 atom stereocenters. The number of hydrogen-bond donors (Lipinski definition) is 1. The third-order valence-corrected chi connectivity index (χ3v) is 5.59. The highest BCUT2D eigenvalue weighted by atomic mass is 79.9. The number of thiophene rings is 1. The molecule has 96 valence electrons. The Morgan fingerprint density at radius 3 is 2.68 bits per heavy atom. The minimum atomic E-state index is -0.133. The number of carbonyl (C=O) groups excluding carboxylic acids is 1. The van der Waals surface area contributed by atoms with Gasteiger partial charge in [-0.25, -0.2) is 4.98 Å². The first-order valence-electron chi connectivity index (χ1n) is 5.25. The molecule has 0 radical (unpaired) electrons. The fourth-order valence-electron chi connectivity index (χ4n) is 1.56. The van der Waals surface area contributed by atoms with Gasteiger partial charge in [-0.2, -0.15) is 0 Å². The van der Waals surface area contributed by atoms with Gasteiger partial charge in [0.15, 0.2) is 5.13 Å². The zero-order valence-corrected chi connectivity index (χ0v) is 14.1. The maximum absolute atomic E-state index is 12.0. The number of fused-ring (bicyclic) bond motifs is 1. The molecule has 2 heterocycles. The number of halogens is 2. The summed E-state index contributed by atoms with van der Waals surface area (Å²) in [5, 5.41) is 3.43. The Kier molecular flexibility index (Phi) is 3.70. The van der Waals surface area contributed by atoms with Gasteiger partial charge in [0.05, 0.1) is 18.9 Å². The van der Waals surface area contributed by atoms with Crippen molar-refractivity contribution in [3.63, 3.8) is 0 Å². The van der Waals surface area contributed by atoms with Gasteiger partial charge in [0.1, 0.15) is 0 Å². The number of nitrogens with zero attached hydrogens (tertiary/aromatic N) is 1. The molecule has 0 fully saturated rings. The second-order valence-electron chi connectivity index (χ2n) is 3.66. The van der Waals surface area contributed by atoms with E-state index in [1.54, 1.807) is 6.07 Å². The largest absolute Gasteiger partial charge is 0.297 e. The molecule has 0 saturated carbocycles. The summed E-state index contributed by atoms with van der Waals surface area (Å²) in [7, 11) is 0. The van der Waals surface area contributed by atoms with Gasteiger partial charge in [-0.1, -0.05) is 17.4 Å². The van der Waals surface area contributed by atoms with E-state index in [9.17, 15) is 4.79 Å². The first-order chi connectivity index (χ1) is 9.13. The summed E-state index contributed by atoms with van der Waals surface area (Å²) in [5.41, 5.74) is 0.871. The maximum Gasteiger partial charge on any atom is 0.267 e. The minimum Gasteiger partial charge on any atom is -0.297 e. The Bertz CT molecular complexity index is 766. The van der Waals surface area contributed by atoms with Crippen LogP contribution < -0.4 is 5.32 Å². The van der Waals surface area contributed by atoms with Crippen LogP contribution in [0, 0.1) is 0 Å². The van der Waals surface area contributed by atoms with E-state index >= 15 is 0 Å². The maximum atomic E-state index is 12.0. The summed E-state index contributed by atoms with van der Waals surface area (Å²) in [6.07, 6.45) is 0. The third-order valence-electron chi connectivity index (χ3n) is 2.39. The van der Waals surface area contributed by atoms with E-state index in [4.69, 9.17) is 0 Å². The van der Waals surface area contributed by atoms with Crippen LogP contribution in [0.4, 0.5) is 5.13 Å². The number of benzene rings is 1. The van der Waals surface area contributed by atoms with Crippen molar-refractivity contribution in [2.45, 2.75) is 0 Å². The predicted octanol–water partition coefficient (Wildman–Crippen LogP) is 5.14. The van der Waals surface area contributed by atoms with E-state index in [0.29, 0.717) is 10.0 Å². The van der Waals surface area contributed by atoms with Crippen LogP contribution in [0.2, 0.25) is 0 Å². The molecular formula is C12H6Br2N2OS2. The molecule has 7 heteroatoms. The summed E-state index contributed by atoms with van der Waals surface area (Å²) in [6, 6.07) is 9.51. The number of amides is 1. The van der Waals surface area contributed by atoms with Gasteiger partial charge in [0.25, 0.3) is 5.91 Å². The SMILES string of the molecule is O=C(Nc1nc2c(Br)cccc2s1)c1ccc(Br)s1.